The quantitative estimate of drug-likeness (QED) is 0.808. The summed E-state index contributed by atoms with van der Waals surface area (Å²) in [7, 11) is 0. The van der Waals surface area contributed by atoms with Crippen molar-refractivity contribution >= 4 is 0 Å². The van der Waals surface area contributed by atoms with E-state index in [4.69, 9.17) is 0 Å². The van der Waals surface area contributed by atoms with Crippen LogP contribution in [0.15, 0.2) is 32.8 Å². The molecule has 3 heterocycles. The highest BCUT2D eigenvalue weighted by Crippen LogP contribution is 2.24. The van der Waals surface area contributed by atoms with Gasteiger partial charge in [0.1, 0.15) is 0 Å². The lowest BCUT2D eigenvalue weighted by molar-refractivity contribution is 0.197. The molecular formula is C16H21N5O3. The van der Waals surface area contributed by atoms with Crippen molar-refractivity contribution < 1.29 is 0 Å². The van der Waals surface area contributed by atoms with E-state index in [1.807, 2.05) is 0 Å². The van der Waals surface area contributed by atoms with Crippen LogP contribution in [0.2, 0.25) is 0 Å². The molecule has 0 spiro atoms. The second-order valence-electron chi connectivity index (χ2n) is 6.22. The summed E-state index contributed by atoms with van der Waals surface area (Å²) in [6.07, 6.45) is 3.42. The van der Waals surface area contributed by atoms with E-state index in [2.05, 4.69) is 19.9 Å². The fourth-order valence-corrected chi connectivity index (χ4v) is 3.20. The number of piperidine rings is 1. The van der Waals surface area contributed by atoms with Gasteiger partial charge in [-0.05, 0) is 26.3 Å². The van der Waals surface area contributed by atoms with Gasteiger partial charge in [0.25, 0.3) is 11.1 Å². The van der Waals surface area contributed by atoms with Crippen molar-refractivity contribution in [2.75, 3.05) is 19.6 Å². The van der Waals surface area contributed by atoms with Crippen LogP contribution in [0.4, 0.5) is 0 Å². The van der Waals surface area contributed by atoms with Crippen LogP contribution in [0, 0.1) is 6.92 Å². The van der Waals surface area contributed by atoms with Crippen molar-refractivity contribution in [1.29, 1.82) is 0 Å². The highest BCUT2D eigenvalue weighted by atomic mass is 16.2. The third-order valence-electron chi connectivity index (χ3n) is 4.42. The van der Waals surface area contributed by atoms with E-state index in [9.17, 15) is 14.4 Å². The molecule has 1 saturated heterocycles. The lowest BCUT2D eigenvalue weighted by Crippen LogP contribution is -2.42. The number of aromatic amines is 2. The molecule has 0 bridgehead atoms. The minimum absolute atomic E-state index is 0.144. The normalized spacial score (nSPS) is 18.6. The van der Waals surface area contributed by atoms with E-state index in [1.54, 1.807) is 13.0 Å². The zero-order valence-electron chi connectivity index (χ0n) is 13.6. The molecule has 2 aromatic heterocycles. The Bertz CT molecular complexity index is 851. The van der Waals surface area contributed by atoms with Crippen LogP contribution in [0.1, 0.15) is 30.1 Å². The van der Waals surface area contributed by atoms with Crippen LogP contribution in [-0.4, -0.2) is 44.1 Å². The number of likely N-dealkylation sites (tertiary alicyclic amines) is 1. The molecule has 2 aromatic rings. The van der Waals surface area contributed by atoms with Crippen LogP contribution in [0.25, 0.3) is 0 Å². The van der Waals surface area contributed by atoms with Gasteiger partial charge in [-0.3, -0.25) is 14.2 Å². The smallest absolute Gasteiger partial charge is 0.313 e. The molecule has 3 rings (SSSR count). The summed E-state index contributed by atoms with van der Waals surface area (Å²) in [6, 6.07) is 2.98. The zero-order valence-corrected chi connectivity index (χ0v) is 13.6. The number of aryl methyl sites for hydroxylation is 1. The number of rotatable bonds is 4. The molecule has 2 N–H and O–H groups in total. The molecule has 0 radical (unpaired) electrons. The number of hydrogen-bond acceptors (Lipinski definition) is 5. The van der Waals surface area contributed by atoms with Crippen molar-refractivity contribution in [3.05, 3.63) is 61.0 Å². The standard InChI is InChI=1S/C16H21N5O3/c1-11-7-15(23)21(16(24)19-11)6-5-20-4-2-3-12(9-20)13-8-14(22)18-10-17-13/h7-8,10,12H,2-6,9H2,1H3,(H,19,24)(H,17,18,22)/t12-/m0/s1. The van der Waals surface area contributed by atoms with Gasteiger partial charge < -0.3 is 14.9 Å². The van der Waals surface area contributed by atoms with Crippen molar-refractivity contribution in [2.24, 2.45) is 0 Å². The Labute approximate surface area is 138 Å². The van der Waals surface area contributed by atoms with E-state index in [-0.39, 0.29) is 22.7 Å². The van der Waals surface area contributed by atoms with Crippen LogP contribution in [-0.2, 0) is 6.54 Å². The molecule has 1 fully saturated rings. The summed E-state index contributed by atoms with van der Waals surface area (Å²) < 4.78 is 1.22. The predicted octanol–water partition coefficient (Wildman–Crippen LogP) is -0.192. The maximum Gasteiger partial charge on any atom is 0.328 e. The lowest BCUT2D eigenvalue weighted by atomic mass is 9.94. The molecule has 0 saturated carbocycles. The second-order valence-corrected chi connectivity index (χ2v) is 6.22. The molecule has 1 aliphatic rings. The average Bonchev–Trinajstić information content (AvgIpc) is 2.54. The molecule has 1 aliphatic heterocycles. The average molecular weight is 331 g/mol. The Hall–Kier alpha value is -2.48. The minimum Gasteiger partial charge on any atom is -0.313 e. The minimum atomic E-state index is -0.371. The second kappa shape index (κ2) is 6.96. The van der Waals surface area contributed by atoms with Gasteiger partial charge in [0.05, 0.1) is 12.0 Å². The maximum absolute atomic E-state index is 11.9. The Balaban J connectivity index is 1.67. The molecule has 8 nitrogen and oxygen atoms in total. The van der Waals surface area contributed by atoms with Crippen molar-refractivity contribution in [2.45, 2.75) is 32.2 Å². The molecule has 0 aliphatic carbocycles. The highest BCUT2D eigenvalue weighted by molar-refractivity contribution is 5.08. The SMILES string of the molecule is Cc1cc(=O)n(CCN2CCC[C@H](c3cc(=O)[nH]cn3)C2)c(=O)[nH]1. The number of hydrogen-bond donors (Lipinski definition) is 2. The number of nitrogens with zero attached hydrogens (tertiary/aromatic N) is 3. The third kappa shape index (κ3) is 3.70. The number of H-pyrrole nitrogens is 2. The highest BCUT2D eigenvalue weighted by Gasteiger charge is 2.22. The molecule has 0 unspecified atom stereocenters. The summed E-state index contributed by atoms with van der Waals surface area (Å²) in [5.41, 5.74) is 0.578. The first-order valence-corrected chi connectivity index (χ1v) is 8.10. The zero-order chi connectivity index (χ0) is 17.1. The predicted molar refractivity (Wildman–Crippen MR) is 89.3 cm³/mol. The summed E-state index contributed by atoms with van der Waals surface area (Å²) in [4.78, 5) is 46.9. The topological polar surface area (TPSA) is 104 Å². The Kier molecular flexibility index (Phi) is 4.75. The first kappa shape index (κ1) is 16.4. The van der Waals surface area contributed by atoms with Gasteiger partial charge in [-0.15, -0.1) is 0 Å². The van der Waals surface area contributed by atoms with Crippen LogP contribution < -0.4 is 16.8 Å². The molecule has 0 aromatic carbocycles. The Morgan fingerprint density at radius 2 is 2.08 bits per heavy atom. The summed E-state index contributed by atoms with van der Waals surface area (Å²) in [6.45, 7) is 4.35. The van der Waals surface area contributed by atoms with E-state index < -0.39 is 0 Å². The van der Waals surface area contributed by atoms with Gasteiger partial charge in [-0.25, -0.2) is 9.78 Å². The van der Waals surface area contributed by atoms with Gasteiger partial charge in [0.2, 0.25) is 0 Å². The summed E-state index contributed by atoms with van der Waals surface area (Å²) in [5.74, 6) is 0.203. The maximum atomic E-state index is 11.9. The van der Waals surface area contributed by atoms with Gasteiger partial charge in [-0.2, -0.15) is 0 Å². The first-order valence-electron chi connectivity index (χ1n) is 8.10. The van der Waals surface area contributed by atoms with E-state index >= 15 is 0 Å². The molecular weight excluding hydrogens is 310 g/mol. The van der Waals surface area contributed by atoms with Crippen LogP contribution in [0.5, 0.6) is 0 Å². The van der Waals surface area contributed by atoms with Gasteiger partial charge >= 0.3 is 5.69 Å². The molecule has 0 amide bonds. The van der Waals surface area contributed by atoms with Crippen molar-refractivity contribution in [3.8, 4) is 0 Å². The molecule has 1 atom stereocenters. The van der Waals surface area contributed by atoms with Gasteiger partial charge in [0.15, 0.2) is 0 Å². The molecule has 128 valence electrons. The largest absolute Gasteiger partial charge is 0.328 e. The van der Waals surface area contributed by atoms with E-state index in [1.165, 1.54) is 17.0 Å². The first-order chi connectivity index (χ1) is 11.5. The van der Waals surface area contributed by atoms with Crippen LogP contribution >= 0.6 is 0 Å². The summed E-state index contributed by atoms with van der Waals surface area (Å²) >= 11 is 0. The Morgan fingerprint density at radius 3 is 2.83 bits per heavy atom. The van der Waals surface area contributed by atoms with E-state index in [0.29, 0.717) is 18.8 Å². The van der Waals surface area contributed by atoms with Gasteiger partial charge in [-0.1, -0.05) is 0 Å². The fraction of sp³-hybridized carbons (Fsp3) is 0.500. The monoisotopic (exact) mass is 331 g/mol. The van der Waals surface area contributed by atoms with Crippen molar-refractivity contribution in [3.63, 3.8) is 0 Å². The van der Waals surface area contributed by atoms with Crippen molar-refractivity contribution in [1.82, 2.24) is 24.4 Å². The molecule has 24 heavy (non-hydrogen) atoms. The number of aromatic nitrogens is 4. The third-order valence-corrected chi connectivity index (χ3v) is 4.42. The summed E-state index contributed by atoms with van der Waals surface area (Å²) in [5, 5.41) is 0. The Morgan fingerprint density at radius 1 is 1.25 bits per heavy atom. The van der Waals surface area contributed by atoms with Gasteiger partial charge in [0, 0.05) is 43.4 Å². The lowest BCUT2D eigenvalue weighted by Gasteiger charge is -2.32. The fourth-order valence-electron chi connectivity index (χ4n) is 3.20. The van der Waals surface area contributed by atoms with Crippen LogP contribution in [0.3, 0.4) is 0 Å². The van der Waals surface area contributed by atoms with E-state index in [0.717, 1.165) is 31.6 Å². The number of nitrogens with one attached hydrogen (secondary N) is 2. The molecule has 8 heteroatoms.